The largest absolute Gasteiger partial charge is 0.495 e. The molecular weight excluding hydrogens is 300 g/mol. The Labute approximate surface area is 124 Å². The van der Waals surface area contributed by atoms with Gasteiger partial charge in [0.25, 0.3) is 0 Å². The number of ether oxygens (including phenoxy) is 1. The number of sulfonamides is 1. The van der Waals surface area contributed by atoms with Crippen molar-refractivity contribution in [1.82, 2.24) is 4.31 Å². The number of hydrogen-bond donors (Lipinski definition) is 1. The average molecular weight is 319 g/mol. The fourth-order valence-electron chi connectivity index (χ4n) is 2.28. The first kappa shape index (κ1) is 15.6. The van der Waals surface area contributed by atoms with Gasteiger partial charge < -0.3 is 10.5 Å². The van der Waals surface area contributed by atoms with E-state index in [0.29, 0.717) is 24.0 Å². The van der Waals surface area contributed by atoms with Crippen molar-refractivity contribution in [2.24, 2.45) is 11.7 Å². The van der Waals surface area contributed by atoms with Crippen LogP contribution in [0.3, 0.4) is 0 Å². The lowest BCUT2D eigenvalue weighted by Gasteiger charge is -2.34. The summed E-state index contributed by atoms with van der Waals surface area (Å²) in [6.07, 6.45) is 0.760. The van der Waals surface area contributed by atoms with Gasteiger partial charge in [-0.2, -0.15) is 4.31 Å². The number of benzene rings is 1. The molecule has 1 aromatic rings. The second kappa shape index (κ2) is 5.89. The molecule has 0 amide bonds. The van der Waals surface area contributed by atoms with Gasteiger partial charge in [0, 0.05) is 30.2 Å². The third-order valence-corrected chi connectivity index (χ3v) is 5.86. The van der Waals surface area contributed by atoms with Gasteiger partial charge in [0.1, 0.15) is 10.6 Å². The molecule has 0 aliphatic carbocycles. The van der Waals surface area contributed by atoms with Crippen molar-refractivity contribution in [2.75, 3.05) is 20.2 Å². The molecule has 2 N–H and O–H groups in total. The molecule has 1 fully saturated rings. The quantitative estimate of drug-likeness (QED) is 0.920. The molecule has 1 aliphatic rings. The van der Waals surface area contributed by atoms with E-state index in [1.165, 1.54) is 23.5 Å². The van der Waals surface area contributed by atoms with Crippen LogP contribution in [0.1, 0.15) is 13.3 Å². The third kappa shape index (κ3) is 2.93. The average Bonchev–Trinajstić information content (AvgIpc) is 2.41. The lowest BCUT2D eigenvalue weighted by molar-refractivity contribution is 0.252. The summed E-state index contributed by atoms with van der Waals surface area (Å²) in [5.41, 5.74) is 5.98. The molecule has 2 unspecified atom stereocenters. The van der Waals surface area contributed by atoms with Crippen LogP contribution in [-0.4, -0.2) is 39.0 Å². The summed E-state index contributed by atoms with van der Waals surface area (Å²) in [4.78, 5) is 0.131. The molecule has 0 spiro atoms. The fraction of sp³-hybridized carbons (Fsp3) is 0.538. The van der Waals surface area contributed by atoms with E-state index in [1.807, 2.05) is 6.92 Å². The number of nitrogens with zero attached hydrogens (tertiary/aromatic N) is 1. The summed E-state index contributed by atoms with van der Waals surface area (Å²) in [5.74, 6) is 0.582. The zero-order valence-corrected chi connectivity index (χ0v) is 13.1. The third-order valence-electron chi connectivity index (χ3n) is 3.72. The van der Waals surface area contributed by atoms with Gasteiger partial charge >= 0.3 is 0 Å². The van der Waals surface area contributed by atoms with E-state index in [4.69, 9.17) is 22.1 Å². The van der Waals surface area contributed by atoms with Crippen LogP contribution in [0, 0.1) is 5.92 Å². The number of piperidine rings is 1. The molecule has 0 saturated carbocycles. The lowest BCUT2D eigenvalue weighted by Crippen LogP contribution is -2.49. The van der Waals surface area contributed by atoms with Crippen LogP contribution in [0.15, 0.2) is 23.1 Å². The number of nitrogens with two attached hydrogens (primary N) is 1. The topological polar surface area (TPSA) is 72.6 Å². The molecule has 112 valence electrons. The highest BCUT2D eigenvalue weighted by atomic mass is 35.5. The Morgan fingerprint density at radius 1 is 1.45 bits per heavy atom. The van der Waals surface area contributed by atoms with Crippen molar-refractivity contribution in [2.45, 2.75) is 24.3 Å². The predicted octanol–water partition coefficient (Wildman–Crippen LogP) is 1.71. The number of halogens is 1. The normalized spacial score (nSPS) is 24.6. The monoisotopic (exact) mass is 318 g/mol. The van der Waals surface area contributed by atoms with Crippen LogP contribution in [0.5, 0.6) is 5.75 Å². The van der Waals surface area contributed by atoms with E-state index in [0.717, 1.165) is 6.42 Å². The van der Waals surface area contributed by atoms with Crippen molar-refractivity contribution in [3.8, 4) is 5.75 Å². The van der Waals surface area contributed by atoms with Crippen molar-refractivity contribution in [3.63, 3.8) is 0 Å². The van der Waals surface area contributed by atoms with Crippen LogP contribution in [0.25, 0.3) is 0 Å². The van der Waals surface area contributed by atoms with Crippen LogP contribution in [-0.2, 0) is 10.0 Å². The maximum atomic E-state index is 12.7. The van der Waals surface area contributed by atoms with Gasteiger partial charge in [-0.3, -0.25) is 0 Å². The van der Waals surface area contributed by atoms with E-state index >= 15 is 0 Å². The summed E-state index contributed by atoms with van der Waals surface area (Å²) in [6.45, 7) is 2.84. The van der Waals surface area contributed by atoms with Crippen LogP contribution >= 0.6 is 11.6 Å². The Kier molecular flexibility index (Phi) is 4.59. The molecular formula is C13H19ClN2O3S. The van der Waals surface area contributed by atoms with Gasteiger partial charge in [0.05, 0.1) is 7.11 Å². The molecule has 5 nitrogen and oxygen atoms in total. The minimum Gasteiger partial charge on any atom is -0.495 e. The summed E-state index contributed by atoms with van der Waals surface area (Å²) in [6, 6.07) is 4.38. The second-order valence-corrected chi connectivity index (χ2v) is 7.43. The summed E-state index contributed by atoms with van der Waals surface area (Å²) >= 11 is 5.87. The van der Waals surface area contributed by atoms with Crippen molar-refractivity contribution < 1.29 is 13.2 Å². The van der Waals surface area contributed by atoms with Crippen molar-refractivity contribution in [3.05, 3.63) is 23.2 Å². The number of rotatable bonds is 3. The SMILES string of the molecule is COc1cc(Cl)ccc1S(=O)(=O)N1CCC(C)C(N)C1. The Hall–Kier alpha value is -0.820. The Balaban J connectivity index is 2.36. The molecule has 7 heteroatoms. The minimum absolute atomic E-state index is 0.131. The number of methoxy groups -OCH3 is 1. The summed E-state index contributed by atoms with van der Waals surface area (Å²) in [5, 5.41) is 0.435. The van der Waals surface area contributed by atoms with Gasteiger partial charge in [-0.15, -0.1) is 0 Å². The Bertz CT molecular complexity index is 591. The smallest absolute Gasteiger partial charge is 0.246 e. The number of hydrogen-bond acceptors (Lipinski definition) is 4. The highest BCUT2D eigenvalue weighted by molar-refractivity contribution is 7.89. The molecule has 1 heterocycles. The zero-order chi connectivity index (χ0) is 14.9. The lowest BCUT2D eigenvalue weighted by atomic mass is 9.96. The molecule has 1 aromatic carbocycles. The highest BCUT2D eigenvalue weighted by Crippen LogP contribution is 2.31. The first-order valence-corrected chi connectivity index (χ1v) is 8.27. The maximum Gasteiger partial charge on any atom is 0.246 e. The van der Waals surface area contributed by atoms with E-state index in [1.54, 1.807) is 6.07 Å². The Morgan fingerprint density at radius 2 is 2.15 bits per heavy atom. The molecule has 1 aliphatic heterocycles. The highest BCUT2D eigenvalue weighted by Gasteiger charge is 2.33. The molecule has 2 atom stereocenters. The first-order chi connectivity index (χ1) is 9.36. The standard InChI is InChI=1S/C13H19ClN2O3S/c1-9-5-6-16(8-11(9)15)20(17,18)13-4-3-10(14)7-12(13)19-2/h3-4,7,9,11H,5-6,8,15H2,1-2H3. The first-order valence-electron chi connectivity index (χ1n) is 6.45. The van der Waals surface area contributed by atoms with E-state index < -0.39 is 10.0 Å². The zero-order valence-electron chi connectivity index (χ0n) is 11.5. The van der Waals surface area contributed by atoms with E-state index in [9.17, 15) is 8.42 Å². The predicted molar refractivity (Wildman–Crippen MR) is 78.5 cm³/mol. The summed E-state index contributed by atoms with van der Waals surface area (Å²) in [7, 11) is -2.18. The molecule has 0 radical (unpaired) electrons. The molecule has 0 aromatic heterocycles. The Morgan fingerprint density at radius 3 is 2.75 bits per heavy atom. The van der Waals surface area contributed by atoms with E-state index in [2.05, 4.69) is 0 Å². The molecule has 1 saturated heterocycles. The van der Waals surface area contributed by atoms with Crippen LogP contribution in [0.4, 0.5) is 0 Å². The molecule has 20 heavy (non-hydrogen) atoms. The fourth-order valence-corrected chi connectivity index (χ4v) is 4.07. The van der Waals surface area contributed by atoms with E-state index in [-0.39, 0.29) is 16.7 Å². The van der Waals surface area contributed by atoms with Crippen molar-refractivity contribution in [1.29, 1.82) is 0 Å². The van der Waals surface area contributed by atoms with Gasteiger partial charge in [-0.1, -0.05) is 18.5 Å². The van der Waals surface area contributed by atoms with Gasteiger partial charge in [-0.05, 0) is 24.5 Å². The van der Waals surface area contributed by atoms with Crippen molar-refractivity contribution >= 4 is 21.6 Å². The van der Waals surface area contributed by atoms with Gasteiger partial charge in [0.15, 0.2) is 0 Å². The second-order valence-electron chi connectivity index (χ2n) is 5.09. The maximum absolute atomic E-state index is 12.7. The van der Waals surface area contributed by atoms with Gasteiger partial charge in [-0.25, -0.2) is 8.42 Å². The molecule has 2 rings (SSSR count). The molecule has 0 bridgehead atoms. The minimum atomic E-state index is -3.61. The van der Waals surface area contributed by atoms with Gasteiger partial charge in [0.2, 0.25) is 10.0 Å². The summed E-state index contributed by atoms with van der Waals surface area (Å²) < 4.78 is 31.9. The van der Waals surface area contributed by atoms with Crippen LogP contribution < -0.4 is 10.5 Å². The van der Waals surface area contributed by atoms with Crippen LogP contribution in [0.2, 0.25) is 5.02 Å².